The van der Waals surface area contributed by atoms with Crippen molar-refractivity contribution in [2.45, 2.75) is 31.2 Å². The van der Waals surface area contributed by atoms with Gasteiger partial charge in [-0.2, -0.15) is 18.4 Å². The van der Waals surface area contributed by atoms with E-state index in [1.165, 1.54) is 4.90 Å². The highest BCUT2D eigenvalue weighted by atomic mass is 19.4. The maximum atomic E-state index is 12.5. The van der Waals surface area contributed by atoms with E-state index in [-0.39, 0.29) is 12.6 Å². The first kappa shape index (κ1) is 14.8. The van der Waals surface area contributed by atoms with Crippen LogP contribution >= 0.6 is 0 Å². The molecule has 1 aliphatic rings. The van der Waals surface area contributed by atoms with Gasteiger partial charge in [-0.3, -0.25) is 4.90 Å². The van der Waals surface area contributed by atoms with Crippen molar-refractivity contribution in [2.24, 2.45) is 0 Å². The fraction of sp³-hybridized carbons (Fsp3) is 0.500. The zero-order valence-electron chi connectivity index (χ0n) is 10.8. The average molecular weight is 284 g/mol. The number of alkyl halides is 3. The Kier molecular flexibility index (Phi) is 4.31. The molecule has 0 saturated heterocycles. The van der Waals surface area contributed by atoms with Crippen LogP contribution in [0.5, 0.6) is 0 Å². The van der Waals surface area contributed by atoms with E-state index in [0.717, 1.165) is 12.8 Å². The number of nitriles is 1. The van der Waals surface area contributed by atoms with Gasteiger partial charge in [0.25, 0.3) is 0 Å². The van der Waals surface area contributed by atoms with Gasteiger partial charge in [-0.05, 0) is 30.5 Å². The number of aliphatic hydroxyl groups is 1. The zero-order chi connectivity index (χ0) is 14.8. The summed E-state index contributed by atoms with van der Waals surface area (Å²) in [5.41, 5.74) is 0.979. The second-order valence-electron chi connectivity index (χ2n) is 5.03. The highest BCUT2D eigenvalue weighted by molar-refractivity contribution is 5.32. The molecule has 108 valence electrons. The largest absolute Gasteiger partial charge is 0.401 e. The molecule has 1 atom stereocenters. The molecule has 1 unspecified atom stereocenters. The molecule has 1 aromatic rings. The quantitative estimate of drug-likeness (QED) is 0.904. The molecular weight excluding hydrogens is 269 g/mol. The van der Waals surface area contributed by atoms with Gasteiger partial charge < -0.3 is 5.11 Å². The maximum absolute atomic E-state index is 12.5. The lowest BCUT2D eigenvalue weighted by Crippen LogP contribution is -2.38. The minimum absolute atomic E-state index is 0.0456. The Bertz CT molecular complexity index is 489. The first-order valence-corrected chi connectivity index (χ1v) is 6.38. The normalized spacial score (nSPS) is 17.0. The second-order valence-corrected chi connectivity index (χ2v) is 5.03. The van der Waals surface area contributed by atoms with Gasteiger partial charge in [-0.1, -0.05) is 12.1 Å². The molecule has 0 amide bonds. The fourth-order valence-electron chi connectivity index (χ4n) is 2.12. The van der Waals surface area contributed by atoms with E-state index in [1.54, 1.807) is 24.3 Å². The topological polar surface area (TPSA) is 47.3 Å². The number of benzene rings is 1. The van der Waals surface area contributed by atoms with Crippen LogP contribution < -0.4 is 0 Å². The fourth-order valence-corrected chi connectivity index (χ4v) is 2.12. The van der Waals surface area contributed by atoms with Crippen molar-refractivity contribution in [3.05, 3.63) is 35.4 Å². The van der Waals surface area contributed by atoms with E-state index in [1.807, 2.05) is 6.07 Å². The van der Waals surface area contributed by atoms with E-state index in [0.29, 0.717) is 11.1 Å². The Morgan fingerprint density at radius 1 is 1.30 bits per heavy atom. The third-order valence-electron chi connectivity index (χ3n) is 3.28. The van der Waals surface area contributed by atoms with Gasteiger partial charge in [0.05, 0.1) is 24.3 Å². The summed E-state index contributed by atoms with van der Waals surface area (Å²) in [6.07, 6.45) is -3.75. The highest BCUT2D eigenvalue weighted by Gasteiger charge is 2.38. The smallest absolute Gasteiger partial charge is 0.387 e. The molecular formula is C14H15F3N2O. The minimum Gasteiger partial charge on any atom is -0.387 e. The molecule has 2 rings (SSSR count). The molecule has 0 heterocycles. The van der Waals surface area contributed by atoms with Gasteiger partial charge in [0.15, 0.2) is 0 Å². The summed E-state index contributed by atoms with van der Waals surface area (Å²) in [7, 11) is 0. The molecule has 1 N–H and O–H groups in total. The zero-order valence-corrected chi connectivity index (χ0v) is 10.8. The molecule has 3 nitrogen and oxygen atoms in total. The molecule has 20 heavy (non-hydrogen) atoms. The van der Waals surface area contributed by atoms with Crippen LogP contribution in [-0.2, 0) is 0 Å². The van der Waals surface area contributed by atoms with E-state index >= 15 is 0 Å². The summed E-state index contributed by atoms with van der Waals surface area (Å²) in [6.45, 7) is -1.04. The van der Waals surface area contributed by atoms with Gasteiger partial charge in [-0.25, -0.2) is 0 Å². The predicted molar refractivity (Wildman–Crippen MR) is 66.8 cm³/mol. The van der Waals surface area contributed by atoms with Crippen molar-refractivity contribution in [1.82, 2.24) is 4.90 Å². The Morgan fingerprint density at radius 3 is 2.35 bits per heavy atom. The van der Waals surface area contributed by atoms with Crippen LogP contribution in [0.4, 0.5) is 13.2 Å². The lowest BCUT2D eigenvalue weighted by Gasteiger charge is -2.26. The van der Waals surface area contributed by atoms with Crippen molar-refractivity contribution < 1.29 is 18.3 Å². The second kappa shape index (κ2) is 5.81. The summed E-state index contributed by atoms with van der Waals surface area (Å²) in [4.78, 5) is 1.28. The third-order valence-corrected chi connectivity index (χ3v) is 3.28. The molecule has 1 aromatic carbocycles. The summed E-state index contributed by atoms with van der Waals surface area (Å²) >= 11 is 0. The van der Waals surface area contributed by atoms with Gasteiger partial charge in [0.1, 0.15) is 0 Å². The summed E-state index contributed by atoms with van der Waals surface area (Å²) < 4.78 is 37.5. The van der Waals surface area contributed by atoms with Crippen molar-refractivity contribution in [3.63, 3.8) is 0 Å². The average Bonchev–Trinajstić information content (AvgIpc) is 3.20. The molecule has 0 bridgehead atoms. The summed E-state index contributed by atoms with van der Waals surface area (Å²) in [5, 5.41) is 18.7. The van der Waals surface area contributed by atoms with Gasteiger partial charge in [0, 0.05) is 12.6 Å². The van der Waals surface area contributed by atoms with Crippen molar-refractivity contribution >= 4 is 0 Å². The number of halogens is 3. The van der Waals surface area contributed by atoms with Crippen molar-refractivity contribution in [3.8, 4) is 6.07 Å². The molecule has 0 aliphatic heterocycles. The molecule has 0 radical (unpaired) electrons. The summed E-state index contributed by atoms with van der Waals surface area (Å²) in [5.74, 6) is 0. The third kappa shape index (κ3) is 4.22. The van der Waals surface area contributed by atoms with Crippen LogP contribution in [0.1, 0.15) is 30.1 Å². The van der Waals surface area contributed by atoms with Gasteiger partial charge >= 0.3 is 6.18 Å². The SMILES string of the molecule is N#Cc1ccc(C(O)CN(CC(F)(F)F)C2CC2)cc1. The van der Waals surface area contributed by atoms with Gasteiger partial charge in [-0.15, -0.1) is 0 Å². The van der Waals surface area contributed by atoms with Crippen LogP contribution in [0.15, 0.2) is 24.3 Å². The van der Waals surface area contributed by atoms with E-state index < -0.39 is 18.8 Å². The lowest BCUT2D eigenvalue weighted by molar-refractivity contribution is -0.149. The van der Waals surface area contributed by atoms with Crippen LogP contribution in [0.3, 0.4) is 0 Å². The molecule has 6 heteroatoms. The highest BCUT2D eigenvalue weighted by Crippen LogP contribution is 2.31. The monoisotopic (exact) mass is 284 g/mol. The number of hydrogen-bond acceptors (Lipinski definition) is 3. The minimum atomic E-state index is -4.26. The lowest BCUT2D eigenvalue weighted by atomic mass is 10.1. The number of nitrogens with zero attached hydrogens (tertiary/aromatic N) is 2. The first-order chi connectivity index (χ1) is 9.39. The summed E-state index contributed by atoms with van der Waals surface area (Å²) in [6, 6.07) is 8.11. The van der Waals surface area contributed by atoms with E-state index in [2.05, 4.69) is 0 Å². The van der Waals surface area contributed by atoms with Crippen LogP contribution in [-0.4, -0.2) is 35.3 Å². The maximum Gasteiger partial charge on any atom is 0.401 e. The van der Waals surface area contributed by atoms with E-state index in [4.69, 9.17) is 5.26 Å². The van der Waals surface area contributed by atoms with Crippen LogP contribution in [0.25, 0.3) is 0 Å². The first-order valence-electron chi connectivity index (χ1n) is 6.38. The molecule has 1 saturated carbocycles. The number of hydrogen-bond donors (Lipinski definition) is 1. The molecule has 1 fully saturated rings. The number of aliphatic hydroxyl groups excluding tert-OH is 1. The number of rotatable bonds is 5. The van der Waals surface area contributed by atoms with Gasteiger partial charge in [0.2, 0.25) is 0 Å². The van der Waals surface area contributed by atoms with Crippen LogP contribution in [0.2, 0.25) is 0 Å². The Morgan fingerprint density at radius 2 is 1.90 bits per heavy atom. The molecule has 0 aromatic heterocycles. The Hall–Kier alpha value is -1.58. The van der Waals surface area contributed by atoms with Crippen molar-refractivity contribution in [2.75, 3.05) is 13.1 Å². The Balaban J connectivity index is 2.00. The molecule has 0 spiro atoms. The Labute approximate surface area is 115 Å². The standard InChI is InChI=1S/C14H15F3N2O/c15-14(16,17)9-19(12-5-6-12)8-13(20)11-3-1-10(7-18)2-4-11/h1-4,12-13,20H,5-6,8-9H2. The molecule has 1 aliphatic carbocycles. The van der Waals surface area contributed by atoms with Crippen molar-refractivity contribution in [1.29, 1.82) is 5.26 Å². The van der Waals surface area contributed by atoms with Crippen LogP contribution in [0, 0.1) is 11.3 Å². The van der Waals surface area contributed by atoms with E-state index in [9.17, 15) is 18.3 Å². The predicted octanol–water partition coefficient (Wildman–Crippen LogP) is 2.62.